The number of nitrogens with one attached hydrogen (secondary N) is 2. The number of carbonyl (C=O) groups is 2. The summed E-state index contributed by atoms with van der Waals surface area (Å²) in [6.45, 7) is 5.00. The highest BCUT2D eigenvalue weighted by molar-refractivity contribution is 5.98. The van der Waals surface area contributed by atoms with E-state index in [1.54, 1.807) is 17.1 Å². The van der Waals surface area contributed by atoms with Gasteiger partial charge in [-0.25, -0.2) is 5.01 Å². The molecule has 4 N–H and O–H groups in total. The maximum Gasteiger partial charge on any atom is 0.259 e. The summed E-state index contributed by atoms with van der Waals surface area (Å²) in [5, 5.41) is 23.8. The van der Waals surface area contributed by atoms with Gasteiger partial charge in [0.25, 0.3) is 11.8 Å². The Bertz CT molecular complexity index is 704. The molecule has 0 aliphatic carbocycles. The minimum atomic E-state index is -1.10. The van der Waals surface area contributed by atoms with E-state index in [-0.39, 0.29) is 11.3 Å². The Morgan fingerprint density at radius 3 is 2.34 bits per heavy atom. The summed E-state index contributed by atoms with van der Waals surface area (Å²) >= 11 is 0. The highest BCUT2D eigenvalue weighted by Gasteiger charge is 2.24. The fourth-order valence-corrected chi connectivity index (χ4v) is 3.26. The minimum absolute atomic E-state index is 0.0285. The first-order valence-corrected chi connectivity index (χ1v) is 9.73. The molecule has 10 nitrogen and oxygen atoms in total. The normalized spacial score (nSPS) is 19.5. The Morgan fingerprint density at radius 1 is 1.03 bits per heavy atom. The first-order chi connectivity index (χ1) is 14.0. The van der Waals surface area contributed by atoms with Crippen LogP contribution >= 0.6 is 0 Å². The molecule has 0 bridgehead atoms. The van der Waals surface area contributed by atoms with E-state index in [2.05, 4.69) is 15.6 Å². The Labute approximate surface area is 169 Å². The van der Waals surface area contributed by atoms with E-state index >= 15 is 0 Å². The van der Waals surface area contributed by atoms with Gasteiger partial charge in [0.2, 0.25) is 0 Å². The second-order valence-corrected chi connectivity index (χ2v) is 7.06. The lowest BCUT2D eigenvalue weighted by Gasteiger charge is -2.28. The van der Waals surface area contributed by atoms with Crippen LogP contribution in [-0.4, -0.2) is 97.2 Å². The highest BCUT2D eigenvalue weighted by atomic mass is 16.5. The Morgan fingerprint density at radius 2 is 1.69 bits per heavy atom. The van der Waals surface area contributed by atoms with Crippen molar-refractivity contribution in [1.29, 1.82) is 0 Å². The second-order valence-electron chi connectivity index (χ2n) is 7.06. The Kier molecular flexibility index (Phi) is 7.78. The fraction of sp³-hybridized carbons (Fsp3) is 0.579. The molecule has 2 saturated heterocycles. The van der Waals surface area contributed by atoms with Crippen LogP contribution in [0.25, 0.3) is 0 Å². The van der Waals surface area contributed by atoms with Crippen molar-refractivity contribution in [2.45, 2.75) is 12.6 Å². The van der Waals surface area contributed by atoms with Gasteiger partial charge in [0.1, 0.15) is 11.8 Å². The molecular weight excluding hydrogens is 380 g/mol. The van der Waals surface area contributed by atoms with Crippen molar-refractivity contribution in [1.82, 2.24) is 20.7 Å². The van der Waals surface area contributed by atoms with Crippen molar-refractivity contribution in [2.24, 2.45) is 0 Å². The third-order valence-electron chi connectivity index (χ3n) is 4.83. The molecule has 0 spiro atoms. The van der Waals surface area contributed by atoms with Gasteiger partial charge in [-0.1, -0.05) is 0 Å². The molecular formula is C19H28N4O6. The molecule has 10 heteroatoms. The number of carbonyl (C=O) groups excluding carboxylic acids is 2. The van der Waals surface area contributed by atoms with E-state index in [9.17, 15) is 19.8 Å². The standard InChI is InChI=1S/C19H28N4O6/c24-13-17(19(27)21-23-3-7-29-8-4-23)20-18(26)15-9-14(10-16(25)11-15)12-22-1-5-28-6-2-22/h9-11,17,24-25H,1-8,12-13H2,(H,20,26)(H,21,27)/t17-/m0/s1. The lowest BCUT2D eigenvalue weighted by molar-refractivity contribution is -0.130. The first-order valence-electron chi connectivity index (χ1n) is 9.73. The summed E-state index contributed by atoms with van der Waals surface area (Å²) in [6, 6.07) is 3.53. The van der Waals surface area contributed by atoms with Crippen LogP contribution in [0.4, 0.5) is 0 Å². The second kappa shape index (κ2) is 10.5. The highest BCUT2D eigenvalue weighted by Crippen LogP contribution is 2.18. The minimum Gasteiger partial charge on any atom is -0.508 e. The van der Waals surface area contributed by atoms with Gasteiger partial charge in [-0.3, -0.25) is 19.9 Å². The van der Waals surface area contributed by atoms with E-state index in [0.717, 1.165) is 18.7 Å². The largest absolute Gasteiger partial charge is 0.508 e. The van der Waals surface area contributed by atoms with Gasteiger partial charge < -0.3 is 25.0 Å². The summed E-state index contributed by atoms with van der Waals surface area (Å²) in [7, 11) is 0. The number of morpholine rings is 2. The van der Waals surface area contributed by atoms with Crippen LogP contribution in [0.5, 0.6) is 5.75 Å². The monoisotopic (exact) mass is 408 g/mol. The summed E-state index contributed by atoms with van der Waals surface area (Å²) < 4.78 is 10.6. The number of aliphatic hydroxyl groups excluding tert-OH is 1. The van der Waals surface area contributed by atoms with Crippen LogP contribution in [0.2, 0.25) is 0 Å². The fourth-order valence-electron chi connectivity index (χ4n) is 3.26. The SMILES string of the molecule is O=C(N[C@@H](CO)C(=O)NN1CCOCC1)c1cc(O)cc(CN2CCOCC2)c1. The average molecular weight is 408 g/mol. The molecule has 0 radical (unpaired) electrons. The number of phenolic OH excluding ortho intramolecular Hbond substituents is 1. The number of ether oxygens (including phenoxy) is 2. The summed E-state index contributed by atoms with van der Waals surface area (Å²) in [4.78, 5) is 27.2. The van der Waals surface area contributed by atoms with Crippen molar-refractivity contribution in [3.05, 3.63) is 29.3 Å². The zero-order valence-electron chi connectivity index (χ0n) is 16.3. The lowest BCUT2D eigenvalue weighted by Crippen LogP contribution is -2.56. The van der Waals surface area contributed by atoms with Crippen LogP contribution in [-0.2, 0) is 20.8 Å². The van der Waals surface area contributed by atoms with Gasteiger partial charge in [-0.05, 0) is 23.8 Å². The Balaban J connectivity index is 1.61. The molecule has 2 aliphatic heterocycles. The lowest BCUT2D eigenvalue weighted by atomic mass is 10.1. The van der Waals surface area contributed by atoms with Crippen LogP contribution < -0.4 is 10.7 Å². The van der Waals surface area contributed by atoms with E-state index in [1.807, 2.05) is 0 Å². The van der Waals surface area contributed by atoms with E-state index < -0.39 is 24.5 Å². The number of hydrogen-bond acceptors (Lipinski definition) is 8. The molecule has 2 heterocycles. The number of benzene rings is 1. The van der Waals surface area contributed by atoms with Crippen molar-refractivity contribution in [3.63, 3.8) is 0 Å². The maximum atomic E-state index is 12.6. The molecule has 0 aromatic heterocycles. The van der Waals surface area contributed by atoms with Gasteiger partial charge in [0, 0.05) is 38.3 Å². The third-order valence-corrected chi connectivity index (χ3v) is 4.83. The van der Waals surface area contributed by atoms with Gasteiger partial charge in [-0.15, -0.1) is 0 Å². The van der Waals surface area contributed by atoms with Crippen molar-refractivity contribution < 1.29 is 29.3 Å². The number of hydrogen-bond donors (Lipinski definition) is 4. The Hall–Kier alpha value is -2.24. The molecule has 2 amide bonds. The average Bonchev–Trinajstić information content (AvgIpc) is 2.72. The molecule has 29 heavy (non-hydrogen) atoms. The van der Waals surface area contributed by atoms with Crippen molar-refractivity contribution in [3.8, 4) is 5.75 Å². The molecule has 2 aliphatic rings. The number of amides is 2. The number of hydrazine groups is 1. The van der Waals surface area contributed by atoms with Gasteiger partial charge >= 0.3 is 0 Å². The van der Waals surface area contributed by atoms with Crippen LogP contribution in [0.15, 0.2) is 18.2 Å². The van der Waals surface area contributed by atoms with Crippen LogP contribution in [0.3, 0.4) is 0 Å². The van der Waals surface area contributed by atoms with Crippen molar-refractivity contribution >= 4 is 11.8 Å². The number of phenols is 1. The van der Waals surface area contributed by atoms with E-state index in [4.69, 9.17) is 9.47 Å². The number of aliphatic hydroxyl groups is 1. The zero-order valence-corrected chi connectivity index (χ0v) is 16.3. The topological polar surface area (TPSA) is 124 Å². The number of nitrogens with zero attached hydrogens (tertiary/aromatic N) is 2. The van der Waals surface area contributed by atoms with Crippen molar-refractivity contribution in [2.75, 3.05) is 59.2 Å². The molecule has 0 unspecified atom stereocenters. The predicted molar refractivity (Wildman–Crippen MR) is 103 cm³/mol. The molecule has 0 saturated carbocycles. The van der Waals surface area contributed by atoms with Crippen LogP contribution in [0, 0.1) is 0 Å². The smallest absolute Gasteiger partial charge is 0.259 e. The van der Waals surface area contributed by atoms with Gasteiger partial charge in [-0.2, -0.15) is 0 Å². The summed E-state index contributed by atoms with van der Waals surface area (Å²) in [5.74, 6) is -1.07. The van der Waals surface area contributed by atoms with E-state index in [0.29, 0.717) is 46.1 Å². The summed E-state index contributed by atoms with van der Waals surface area (Å²) in [6.07, 6.45) is 0. The van der Waals surface area contributed by atoms with Crippen LogP contribution in [0.1, 0.15) is 15.9 Å². The number of aromatic hydroxyl groups is 1. The first kappa shape index (κ1) is 21.5. The summed E-state index contributed by atoms with van der Waals surface area (Å²) in [5.41, 5.74) is 3.69. The van der Waals surface area contributed by atoms with Gasteiger partial charge in [0.15, 0.2) is 0 Å². The molecule has 1 aromatic rings. The zero-order chi connectivity index (χ0) is 20.6. The maximum absolute atomic E-state index is 12.6. The predicted octanol–water partition coefficient (Wildman–Crippen LogP) is -1.32. The van der Waals surface area contributed by atoms with E-state index in [1.165, 1.54) is 6.07 Å². The molecule has 1 atom stereocenters. The quantitative estimate of drug-likeness (QED) is 0.438. The molecule has 3 rings (SSSR count). The third kappa shape index (κ3) is 6.38. The van der Waals surface area contributed by atoms with Gasteiger partial charge in [0.05, 0.1) is 33.0 Å². The molecule has 2 fully saturated rings. The molecule has 160 valence electrons. The molecule has 1 aromatic carbocycles. The number of rotatable bonds is 7.